The van der Waals surface area contributed by atoms with Crippen LogP contribution in [0.3, 0.4) is 0 Å². The highest BCUT2D eigenvalue weighted by Gasteiger charge is 2.15. The minimum atomic E-state index is 0.466. The van der Waals surface area contributed by atoms with Crippen molar-refractivity contribution in [1.29, 1.82) is 0 Å². The summed E-state index contributed by atoms with van der Waals surface area (Å²) in [6.07, 6.45) is 0. The summed E-state index contributed by atoms with van der Waals surface area (Å²) in [6.45, 7) is 0. The summed E-state index contributed by atoms with van der Waals surface area (Å²) < 4.78 is 12.8. The smallest absolute Gasteiger partial charge is 0.247 e. The molecule has 0 aliphatic carbocycles. The molecule has 0 atom stereocenters. The number of benzene rings is 2. The quantitative estimate of drug-likeness (QED) is 0.431. The molecule has 142 valence electrons. The number of hydrogen-bond donors (Lipinski definition) is 0. The van der Waals surface area contributed by atoms with Crippen molar-refractivity contribution in [2.45, 2.75) is 10.9 Å². The molecule has 0 amide bonds. The predicted molar refractivity (Wildman–Crippen MR) is 107 cm³/mol. The zero-order chi connectivity index (χ0) is 19.5. The fourth-order valence-corrected chi connectivity index (χ4v) is 3.57. The molecule has 0 bridgehead atoms. The summed E-state index contributed by atoms with van der Waals surface area (Å²) >= 11 is 7.73. The van der Waals surface area contributed by atoms with E-state index in [1.807, 2.05) is 60.1 Å². The Hall–Kier alpha value is -2.84. The highest BCUT2D eigenvalue weighted by Crippen LogP contribution is 2.29. The van der Waals surface area contributed by atoms with Gasteiger partial charge in [0.25, 0.3) is 0 Å². The number of halogens is 1. The lowest BCUT2D eigenvalue weighted by Crippen LogP contribution is -1.95. The van der Waals surface area contributed by atoms with Crippen LogP contribution >= 0.6 is 23.4 Å². The summed E-state index contributed by atoms with van der Waals surface area (Å²) in [6, 6.07) is 15.0. The monoisotopic (exact) mass is 413 g/mol. The Labute approximate surface area is 170 Å². The SMILES string of the molecule is COc1ccc(-c2nnc(CSc3nnc(-c4ccccc4Cl)n3C)o2)cc1. The van der Waals surface area contributed by atoms with Gasteiger partial charge in [-0.2, -0.15) is 0 Å². The van der Waals surface area contributed by atoms with Crippen molar-refractivity contribution < 1.29 is 9.15 Å². The second kappa shape index (κ2) is 8.04. The molecular weight excluding hydrogens is 398 g/mol. The first-order valence-corrected chi connectivity index (χ1v) is 9.76. The van der Waals surface area contributed by atoms with Crippen molar-refractivity contribution in [2.24, 2.45) is 7.05 Å². The van der Waals surface area contributed by atoms with Crippen LogP contribution in [0, 0.1) is 0 Å². The standard InChI is InChI=1S/C19H16ClN5O2S/c1-25-17(14-5-3-4-6-15(14)20)22-24-19(25)28-11-16-21-23-18(27-16)12-7-9-13(26-2)10-8-12/h3-10H,11H2,1-2H3. The van der Waals surface area contributed by atoms with Gasteiger partial charge in [-0.25, -0.2) is 0 Å². The second-order valence-corrected chi connectivity index (χ2v) is 7.21. The van der Waals surface area contributed by atoms with Crippen molar-refractivity contribution in [3.05, 3.63) is 59.4 Å². The van der Waals surface area contributed by atoms with Crippen molar-refractivity contribution in [3.8, 4) is 28.6 Å². The molecule has 0 radical (unpaired) electrons. The van der Waals surface area contributed by atoms with Crippen molar-refractivity contribution in [2.75, 3.05) is 7.11 Å². The van der Waals surface area contributed by atoms with Gasteiger partial charge in [0.2, 0.25) is 11.8 Å². The van der Waals surface area contributed by atoms with Crippen molar-refractivity contribution >= 4 is 23.4 Å². The van der Waals surface area contributed by atoms with Crippen LogP contribution in [0.2, 0.25) is 5.02 Å². The van der Waals surface area contributed by atoms with Gasteiger partial charge >= 0.3 is 0 Å². The summed E-state index contributed by atoms with van der Waals surface area (Å²) in [5.74, 6) is 2.94. The average Bonchev–Trinajstić information content (AvgIpc) is 3.34. The van der Waals surface area contributed by atoms with Gasteiger partial charge in [0, 0.05) is 18.2 Å². The Balaban J connectivity index is 1.47. The van der Waals surface area contributed by atoms with E-state index >= 15 is 0 Å². The molecule has 4 aromatic rings. The number of hydrogen-bond acceptors (Lipinski definition) is 7. The Morgan fingerprint density at radius 1 is 1.04 bits per heavy atom. The van der Waals surface area contributed by atoms with Gasteiger partial charge in [0.1, 0.15) is 5.75 Å². The number of aromatic nitrogens is 5. The first kappa shape index (κ1) is 18.5. The maximum absolute atomic E-state index is 6.26. The summed E-state index contributed by atoms with van der Waals surface area (Å²) in [5.41, 5.74) is 1.68. The first-order valence-electron chi connectivity index (χ1n) is 8.39. The zero-order valence-corrected chi connectivity index (χ0v) is 16.7. The van der Waals surface area contributed by atoms with Crippen LogP contribution in [-0.2, 0) is 12.8 Å². The van der Waals surface area contributed by atoms with E-state index in [1.165, 1.54) is 11.8 Å². The summed E-state index contributed by atoms with van der Waals surface area (Å²) in [5, 5.41) is 18.1. The summed E-state index contributed by atoms with van der Waals surface area (Å²) in [4.78, 5) is 0. The number of thioether (sulfide) groups is 1. The maximum Gasteiger partial charge on any atom is 0.247 e. The van der Waals surface area contributed by atoms with Crippen LogP contribution in [0.5, 0.6) is 5.75 Å². The molecule has 0 N–H and O–H groups in total. The molecule has 0 unspecified atom stereocenters. The van der Waals surface area contributed by atoms with E-state index in [2.05, 4.69) is 20.4 Å². The van der Waals surface area contributed by atoms with E-state index in [0.717, 1.165) is 22.0 Å². The van der Waals surface area contributed by atoms with Gasteiger partial charge < -0.3 is 13.7 Å². The Morgan fingerprint density at radius 3 is 2.57 bits per heavy atom. The Kier molecular flexibility index (Phi) is 5.31. The highest BCUT2D eigenvalue weighted by molar-refractivity contribution is 7.98. The zero-order valence-electron chi connectivity index (χ0n) is 15.2. The normalized spacial score (nSPS) is 11.0. The molecule has 0 aliphatic heterocycles. The Morgan fingerprint density at radius 2 is 1.82 bits per heavy atom. The van der Waals surface area contributed by atoms with E-state index in [0.29, 0.717) is 28.4 Å². The molecule has 0 spiro atoms. The molecule has 28 heavy (non-hydrogen) atoms. The lowest BCUT2D eigenvalue weighted by atomic mass is 10.2. The Bertz CT molecular complexity index is 1090. The third-order valence-corrected chi connectivity index (χ3v) is 5.41. The molecule has 0 saturated carbocycles. The molecular formula is C19H16ClN5O2S. The number of ether oxygens (including phenoxy) is 1. The van der Waals surface area contributed by atoms with E-state index in [1.54, 1.807) is 7.11 Å². The number of methoxy groups -OCH3 is 1. The van der Waals surface area contributed by atoms with Crippen LogP contribution in [0.15, 0.2) is 58.1 Å². The minimum absolute atomic E-state index is 0.466. The lowest BCUT2D eigenvalue weighted by Gasteiger charge is -2.04. The van der Waals surface area contributed by atoms with Gasteiger partial charge in [-0.15, -0.1) is 20.4 Å². The number of rotatable bonds is 6. The topological polar surface area (TPSA) is 78.9 Å². The third-order valence-electron chi connectivity index (χ3n) is 4.08. The maximum atomic E-state index is 6.26. The van der Waals surface area contributed by atoms with E-state index in [4.69, 9.17) is 20.8 Å². The van der Waals surface area contributed by atoms with Crippen LogP contribution in [-0.4, -0.2) is 32.1 Å². The molecule has 2 aromatic carbocycles. The number of nitrogens with zero attached hydrogens (tertiary/aromatic N) is 5. The van der Waals surface area contributed by atoms with Crippen LogP contribution in [0.25, 0.3) is 22.8 Å². The molecule has 0 saturated heterocycles. The predicted octanol–water partition coefficient (Wildman–Crippen LogP) is 4.49. The fraction of sp³-hybridized carbons (Fsp3) is 0.158. The average molecular weight is 414 g/mol. The van der Waals surface area contributed by atoms with Gasteiger partial charge in [-0.05, 0) is 36.4 Å². The van der Waals surface area contributed by atoms with Crippen molar-refractivity contribution in [3.63, 3.8) is 0 Å². The molecule has 0 aliphatic rings. The molecule has 7 nitrogen and oxygen atoms in total. The fourth-order valence-electron chi connectivity index (χ4n) is 2.61. The first-order chi connectivity index (χ1) is 13.7. The van der Waals surface area contributed by atoms with Crippen LogP contribution in [0.1, 0.15) is 5.89 Å². The van der Waals surface area contributed by atoms with E-state index < -0.39 is 0 Å². The van der Waals surface area contributed by atoms with Crippen LogP contribution < -0.4 is 4.74 Å². The van der Waals surface area contributed by atoms with Gasteiger partial charge in [0.05, 0.1) is 17.9 Å². The van der Waals surface area contributed by atoms with E-state index in [9.17, 15) is 0 Å². The minimum Gasteiger partial charge on any atom is -0.497 e. The molecule has 2 aromatic heterocycles. The highest BCUT2D eigenvalue weighted by atomic mass is 35.5. The van der Waals surface area contributed by atoms with E-state index in [-0.39, 0.29) is 0 Å². The second-order valence-electron chi connectivity index (χ2n) is 5.86. The van der Waals surface area contributed by atoms with Gasteiger partial charge in [-0.1, -0.05) is 35.5 Å². The van der Waals surface area contributed by atoms with Crippen LogP contribution in [0.4, 0.5) is 0 Å². The molecule has 0 fully saturated rings. The molecule has 4 rings (SSSR count). The third kappa shape index (κ3) is 3.74. The van der Waals surface area contributed by atoms with Gasteiger partial charge in [-0.3, -0.25) is 0 Å². The van der Waals surface area contributed by atoms with Gasteiger partial charge in [0.15, 0.2) is 11.0 Å². The summed E-state index contributed by atoms with van der Waals surface area (Å²) in [7, 11) is 3.53. The lowest BCUT2D eigenvalue weighted by molar-refractivity contribution is 0.415. The molecule has 9 heteroatoms. The molecule has 2 heterocycles. The van der Waals surface area contributed by atoms with Crippen molar-refractivity contribution in [1.82, 2.24) is 25.0 Å². The largest absolute Gasteiger partial charge is 0.497 e.